The van der Waals surface area contributed by atoms with Crippen molar-refractivity contribution in [3.8, 4) is 0 Å². The number of nitrogens with zero attached hydrogens (tertiary/aromatic N) is 4. The Morgan fingerprint density at radius 1 is 1.12 bits per heavy atom. The molecule has 0 amide bonds. The minimum Gasteiger partial charge on any atom is -0.381 e. The Hall–Kier alpha value is -0.120. The SMILES string of the molecule is CCNC(=NCCCCN1CCN(C)CC1)N1CCC2(CCOC2)C1.I. The van der Waals surface area contributed by atoms with E-state index in [-0.39, 0.29) is 24.0 Å². The maximum absolute atomic E-state index is 5.65. The van der Waals surface area contributed by atoms with Crippen molar-refractivity contribution in [2.75, 3.05) is 79.2 Å². The summed E-state index contributed by atoms with van der Waals surface area (Å²) in [4.78, 5) is 12.4. The van der Waals surface area contributed by atoms with E-state index < -0.39 is 0 Å². The number of aliphatic imine (C=N–C) groups is 1. The molecule has 1 spiro atoms. The lowest BCUT2D eigenvalue weighted by atomic mass is 9.87. The van der Waals surface area contributed by atoms with Crippen LogP contribution in [0.3, 0.4) is 0 Å². The number of likely N-dealkylation sites (N-methyl/N-ethyl adjacent to an activating group) is 1. The molecule has 3 aliphatic rings. The molecule has 0 aliphatic carbocycles. The summed E-state index contributed by atoms with van der Waals surface area (Å²) in [7, 11) is 2.22. The number of halogens is 1. The minimum absolute atomic E-state index is 0. The highest BCUT2D eigenvalue weighted by atomic mass is 127. The molecule has 26 heavy (non-hydrogen) atoms. The lowest BCUT2D eigenvalue weighted by molar-refractivity contribution is 0.152. The van der Waals surface area contributed by atoms with Crippen LogP contribution in [-0.4, -0.2) is 99.8 Å². The molecule has 3 saturated heterocycles. The number of rotatable bonds is 6. The second-order valence-electron chi connectivity index (χ2n) is 8.06. The maximum Gasteiger partial charge on any atom is 0.193 e. The maximum atomic E-state index is 5.65. The normalized spacial score (nSPS) is 27.9. The predicted molar refractivity (Wildman–Crippen MR) is 119 cm³/mol. The smallest absolute Gasteiger partial charge is 0.193 e. The summed E-state index contributed by atoms with van der Waals surface area (Å²) in [5.74, 6) is 1.12. The van der Waals surface area contributed by atoms with E-state index in [1.807, 2.05) is 0 Å². The Morgan fingerprint density at radius 2 is 1.92 bits per heavy atom. The summed E-state index contributed by atoms with van der Waals surface area (Å²) in [5.41, 5.74) is 0.400. The van der Waals surface area contributed by atoms with Gasteiger partial charge in [0.25, 0.3) is 0 Å². The van der Waals surface area contributed by atoms with Crippen molar-refractivity contribution in [1.29, 1.82) is 0 Å². The third kappa shape index (κ3) is 6.21. The lowest BCUT2D eigenvalue weighted by Crippen LogP contribution is -2.44. The van der Waals surface area contributed by atoms with Crippen molar-refractivity contribution in [3.05, 3.63) is 0 Å². The van der Waals surface area contributed by atoms with Gasteiger partial charge >= 0.3 is 0 Å². The van der Waals surface area contributed by atoms with E-state index >= 15 is 0 Å². The zero-order chi connectivity index (χ0) is 17.5. The molecule has 3 rings (SSSR count). The molecule has 152 valence electrons. The molecule has 3 fully saturated rings. The predicted octanol–water partition coefficient (Wildman–Crippen LogP) is 1.71. The highest BCUT2D eigenvalue weighted by molar-refractivity contribution is 14.0. The van der Waals surface area contributed by atoms with E-state index in [9.17, 15) is 0 Å². The Kier molecular flexibility index (Phi) is 9.40. The molecule has 6 nitrogen and oxygen atoms in total. The third-order valence-electron chi connectivity index (χ3n) is 6.00. The van der Waals surface area contributed by atoms with Crippen LogP contribution in [0.5, 0.6) is 0 Å². The first-order valence-electron chi connectivity index (χ1n) is 10.2. The summed E-state index contributed by atoms with van der Waals surface area (Å²) in [6, 6.07) is 0. The quantitative estimate of drug-likeness (QED) is 0.272. The first kappa shape index (κ1) is 22.2. The third-order valence-corrected chi connectivity index (χ3v) is 6.00. The largest absolute Gasteiger partial charge is 0.381 e. The van der Waals surface area contributed by atoms with Gasteiger partial charge in [-0.2, -0.15) is 0 Å². The monoisotopic (exact) mass is 479 g/mol. The van der Waals surface area contributed by atoms with Crippen molar-refractivity contribution in [2.45, 2.75) is 32.6 Å². The van der Waals surface area contributed by atoms with Crippen LogP contribution in [0, 0.1) is 5.41 Å². The van der Waals surface area contributed by atoms with E-state index in [4.69, 9.17) is 9.73 Å². The van der Waals surface area contributed by atoms with E-state index in [0.717, 1.165) is 45.4 Å². The zero-order valence-corrected chi connectivity index (χ0v) is 19.0. The second kappa shape index (κ2) is 11.0. The topological polar surface area (TPSA) is 43.3 Å². The van der Waals surface area contributed by atoms with Gasteiger partial charge in [-0.1, -0.05) is 0 Å². The van der Waals surface area contributed by atoms with Gasteiger partial charge in [0.2, 0.25) is 0 Å². The summed E-state index contributed by atoms with van der Waals surface area (Å²) in [6.45, 7) is 14.2. The Labute approximate surface area is 176 Å². The molecule has 0 aromatic rings. The van der Waals surface area contributed by atoms with Crippen LogP contribution < -0.4 is 5.32 Å². The van der Waals surface area contributed by atoms with Crippen molar-refractivity contribution >= 4 is 29.9 Å². The van der Waals surface area contributed by atoms with Gasteiger partial charge in [0.05, 0.1) is 6.61 Å². The van der Waals surface area contributed by atoms with Crippen LogP contribution in [0.25, 0.3) is 0 Å². The Balaban J connectivity index is 0.00000243. The molecule has 1 unspecified atom stereocenters. The number of guanidine groups is 1. The van der Waals surface area contributed by atoms with Crippen LogP contribution in [0.2, 0.25) is 0 Å². The number of ether oxygens (including phenoxy) is 1. The molecule has 0 bridgehead atoms. The van der Waals surface area contributed by atoms with Gasteiger partial charge in [0, 0.05) is 64.4 Å². The van der Waals surface area contributed by atoms with Crippen molar-refractivity contribution in [1.82, 2.24) is 20.0 Å². The van der Waals surface area contributed by atoms with Gasteiger partial charge in [-0.3, -0.25) is 4.99 Å². The van der Waals surface area contributed by atoms with Crippen molar-refractivity contribution in [2.24, 2.45) is 10.4 Å². The van der Waals surface area contributed by atoms with Gasteiger partial charge in [-0.05, 0) is 46.2 Å². The van der Waals surface area contributed by atoms with Crippen LogP contribution in [-0.2, 0) is 4.74 Å². The summed E-state index contributed by atoms with van der Waals surface area (Å²) < 4.78 is 5.65. The van der Waals surface area contributed by atoms with Crippen LogP contribution in [0.4, 0.5) is 0 Å². The lowest BCUT2D eigenvalue weighted by Gasteiger charge is -2.32. The number of unbranched alkanes of at least 4 members (excludes halogenated alkanes) is 1. The zero-order valence-electron chi connectivity index (χ0n) is 16.7. The van der Waals surface area contributed by atoms with Gasteiger partial charge in [0.15, 0.2) is 5.96 Å². The fourth-order valence-corrected chi connectivity index (χ4v) is 4.22. The molecular formula is C19H38IN5O. The number of nitrogens with one attached hydrogen (secondary N) is 1. The summed E-state index contributed by atoms with van der Waals surface area (Å²) in [6.07, 6.45) is 4.91. The minimum atomic E-state index is 0. The molecular weight excluding hydrogens is 441 g/mol. The Bertz CT molecular complexity index is 434. The van der Waals surface area contributed by atoms with E-state index in [1.165, 1.54) is 58.4 Å². The van der Waals surface area contributed by atoms with Gasteiger partial charge in [0.1, 0.15) is 0 Å². The number of hydrogen-bond acceptors (Lipinski definition) is 4. The number of piperazine rings is 1. The molecule has 3 aliphatic heterocycles. The first-order chi connectivity index (χ1) is 12.2. The molecule has 7 heteroatoms. The molecule has 0 aromatic heterocycles. The van der Waals surface area contributed by atoms with Gasteiger partial charge in [-0.15, -0.1) is 24.0 Å². The van der Waals surface area contributed by atoms with E-state index in [0.29, 0.717) is 5.41 Å². The van der Waals surface area contributed by atoms with Gasteiger partial charge in [-0.25, -0.2) is 0 Å². The van der Waals surface area contributed by atoms with Crippen molar-refractivity contribution in [3.63, 3.8) is 0 Å². The molecule has 1 N–H and O–H groups in total. The molecule has 0 radical (unpaired) electrons. The average molecular weight is 479 g/mol. The average Bonchev–Trinajstić information content (AvgIpc) is 3.25. The van der Waals surface area contributed by atoms with Crippen LogP contribution >= 0.6 is 24.0 Å². The molecule has 0 saturated carbocycles. The fourth-order valence-electron chi connectivity index (χ4n) is 4.22. The van der Waals surface area contributed by atoms with E-state index in [2.05, 4.69) is 34.0 Å². The summed E-state index contributed by atoms with van der Waals surface area (Å²) >= 11 is 0. The fraction of sp³-hybridized carbons (Fsp3) is 0.947. The number of likely N-dealkylation sites (tertiary alicyclic amines) is 1. The molecule has 1 atom stereocenters. The second-order valence-corrected chi connectivity index (χ2v) is 8.06. The summed E-state index contributed by atoms with van der Waals surface area (Å²) in [5, 5.41) is 3.50. The molecule has 3 heterocycles. The number of hydrogen-bond donors (Lipinski definition) is 1. The van der Waals surface area contributed by atoms with Crippen LogP contribution in [0.15, 0.2) is 4.99 Å². The highest BCUT2D eigenvalue weighted by Gasteiger charge is 2.42. The van der Waals surface area contributed by atoms with Crippen molar-refractivity contribution < 1.29 is 4.74 Å². The first-order valence-corrected chi connectivity index (χ1v) is 10.2. The Morgan fingerprint density at radius 3 is 2.62 bits per heavy atom. The standard InChI is InChI=1S/C19H37N5O.HI/c1-3-20-18(24-10-6-19(16-24)7-15-25-17-19)21-8-4-5-9-23-13-11-22(2)12-14-23;/h3-17H2,1-2H3,(H,20,21);1H. The molecule has 0 aromatic carbocycles. The van der Waals surface area contributed by atoms with E-state index in [1.54, 1.807) is 0 Å². The van der Waals surface area contributed by atoms with Gasteiger partial charge < -0.3 is 24.8 Å². The highest BCUT2D eigenvalue weighted by Crippen LogP contribution is 2.38. The van der Waals surface area contributed by atoms with Crippen LogP contribution in [0.1, 0.15) is 32.6 Å².